The van der Waals surface area contributed by atoms with E-state index in [0.29, 0.717) is 30.1 Å². The van der Waals surface area contributed by atoms with Crippen LogP contribution in [0.1, 0.15) is 43.2 Å². The van der Waals surface area contributed by atoms with E-state index in [9.17, 15) is 4.79 Å². The Morgan fingerprint density at radius 2 is 2.16 bits per heavy atom. The predicted octanol–water partition coefficient (Wildman–Crippen LogP) is 2.56. The van der Waals surface area contributed by atoms with Gasteiger partial charge < -0.3 is 19.5 Å². The van der Waals surface area contributed by atoms with Crippen LogP contribution in [0.15, 0.2) is 12.3 Å². The van der Waals surface area contributed by atoms with Crippen molar-refractivity contribution in [1.29, 1.82) is 0 Å². The molecule has 4 rings (SSSR count). The summed E-state index contributed by atoms with van der Waals surface area (Å²) in [6, 6.07) is 2.16. The van der Waals surface area contributed by atoms with Crippen LogP contribution < -0.4 is 10.1 Å². The lowest BCUT2D eigenvalue weighted by Gasteiger charge is -2.35. The number of rotatable bonds is 8. The minimum atomic E-state index is 0.0696. The second kappa shape index (κ2) is 10.7. The van der Waals surface area contributed by atoms with Crippen LogP contribution in [-0.2, 0) is 20.8 Å². The van der Waals surface area contributed by atoms with Gasteiger partial charge in [0.1, 0.15) is 0 Å². The Morgan fingerprint density at radius 3 is 2.94 bits per heavy atom. The Balaban J connectivity index is 1.19. The Bertz CT molecular complexity index is 738. The lowest BCUT2D eigenvalue weighted by atomic mass is 9.83. The van der Waals surface area contributed by atoms with Gasteiger partial charge in [0.15, 0.2) is 0 Å². The topological polar surface area (TPSA) is 72.9 Å². The van der Waals surface area contributed by atoms with E-state index in [1.54, 1.807) is 7.11 Å². The summed E-state index contributed by atoms with van der Waals surface area (Å²) >= 11 is 0. The largest absolute Gasteiger partial charge is 0.481 e. The zero-order chi connectivity index (χ0) is 21.6. The Labute approximate surface area is 185 Å². The Morgan fingerprint density at radius 1 is 1.32 bits per heavy atom. The van der Waals surface area contributed by atoms with Gasteiger partial charge in [0.25, 0.3) is 0 Å². The number of amides is 1. The predicted molar refractivity (Wildman–Crippen MR) is 118 cm³/mol. The number of piperidine rings is 1. The van der Waals surface area contributed by atoms with E-state index in [4.69, 9.17) is 14.2 Å². The van der Waals surface area contributed by atoms with Gasteiger partial charge in [-0.15, -0.1) is 0 Å². The van der Waals surface area contributed by atoms with Crippen LogP contribution in [0.3, 0.4) is 0 Å². The van der Waals surface area contributed by atoms with E-state index < -0.39 is 0 Å². The number of carbonyl (C=O) groups is 1. The number of carbonyl (C=O) groups excluding carboxylic acids is 1. The van der Waals surface area contributed by atoms with Gasteiger partial charge in [0.2, 0.25) is 11.8 Å². The van der Waals surface area contributed by atoms with Gasteiger partial charge in [-0.25, -0.2) is 4.98 Å². The molecule has 0 unspecified atom stereocenters. The third-order valence-electron chi connectivity index (χ3n) is 7.17. The minimum absolute atomic E-state index is 0.0696. The lowest BCUT2D eigenvalue weighted by molar-refractivity contribution is -0.123. The molecular formula is C24H37N3O4. The first kappa shape index (κ1) is 22.5. The molecule has 0 saturated carbocycles. The van der Waals surface area contributed by atoms with Gasteiger partial charge in [0.05, 0.1) is 26.2 Å². The zero-order valence-electron chi connectivity index (χ0n) is 19.0. The van der Waals surface area contributed by atoms with Crippen LogP contribution in [0.2, 0.25) is 0 Å². The van der Waals surface area contributed by atoms with Crippen molar-refractivity contribution in [3.8, 4) is 5.88 Å². The number of pyridine rings is 1. The fourth-order valence-corrected chi connectivity index (χ4v) is 5.40. The fraction of sp³-hybridized carbons (Fsp3) is 0.750. The number of nitrogens with one attached hydrogen (secondary N) is 1. The Hall–Kier alpha value is -1.70. The normalized spacial score (nSPS) is 27.1. The van der Waals surface area contributed by atoms with Gasteiger partial charge in [0, 0.05) is 50.5 Å². The number of fused-ring (bicyclic) bond motifs is 1. The summed E-state index contributed by atoms with van der Waals surface area (Å²) in [5.74, 6) is 2.53. The molecule has 7 nitrogen and oxygen atoms in total. The molecule has 0 radical (unpaired) electrons. The SMILES string of the molecule is COc1ncc(CN2CC[C@@H]3[C@@H](CO[C@H]3CC(=O)NCCC3CCOCC3)C2)cc1C. The lowest BCUT2D eigenvalue weighted by Crippen LogP contribution is -2.42. The van der Waals surface area contributed by atoms with Crippen molar-refractivity contribution in [1.82, 2.24) is 15.2 Å². The maximum atomic E-state index is 12.5. The molecule has 3 aliphatic heterocycles. The van der Waals surface area contributed by atoms with Crippen LogP contribution in [-0.4, -0.2) is 68.5 Å². The number of hydrogen-bond donors (Lipinski definition) is 1. The first-order valence-electron chi connectivity index (χ1n) is 11.8. The van der Waals surface area contributed by atoms with Gasteiger partial charge in [-0.1, -0.05) is 0 Å². The summed E-state index contributed by atoms with van der Waals surface area (Å²) in [5.41, 5.74) is 2.29. The minimum Gasteiger partial charge on any atom is -0.481 e. The van der Waals surface area contributed by atoms with E-state index >= 15 is 0 Å². The molecule has 1 aromatic rings. The summed E-state index contributed by atoms with van der Waals surface area (Å²) in [6.07, 6.45) is 6.86. The summed E-state index contributed by atoms with van der Waals surface area (Å²) in [7, 11) is 1.66. The average molecular weight is 432 g/mol. The molecule has 3 fully saturated rings. The first-order valence-corrected chi connectivity index (χ1v) is 11.8. The van der Waals surface area contributed by atoms with Gasteiger partial charge >= 0.3 is 0 Å². The van der Waals surface area contributed by atoms with Crippen molar-refractivity contribution >= 4 is 5.91 Å². The second-order valence-corrected chi connectivity index (χ2v) is 9.39. The highest BCUT2D eigenvalue weighted by Crippen LogP contribution is 2.36. The molecule has 1 amide bonds. The van der Waals surface area contributed by atoms with Gasteiger partial charge in [-0.2, -0.15) is 0 Å². The molecular weight excluding hydrogens is 394 g/mol. The zero-order valence-corrected chi connectivity index (χ0v) is 19.0. The van der Waals surface area contributed by atoms with Crippen molar-refractivity contribution in [2.45, 2.75) is 51.7 Å². The monoisotopic (exact) mass is 431 g/mol. The third-order valence-corrected chi connectivity index (χ3v) is 7.17. The number of likely N-dealkylation sites (tertiary alicyclic amines) is 1. The molecule has 3 aliphatic rings. The number of nitrogens with zero attached hydrogens (tertiary/aromatic N) is 2. The maximum absolute atomic E-state index is 12.5. The van der Waals surface area contributed by atoms with E-state index in [2.05, 4.69) is 21.3 Å². The fourth-order valence-electron chi connectivity index (χ4n) is 5.40. The molecule has 4 heterocycles. The van der Waals surface area contributed by atoms with Crippen LogP contribution in [0.4, 0.5) is 0 Å². The molecule has 31 heavy (non-hydrogen) atoms. The second-order valence-electron chi connectivity index (χ2n) is 9.39. The van der Waals surface area contributed by atoms with Crippen LogP contribution in [0, 0.1) is 24.7 Å². The average Bonchev–Trinajstić information content (AvgIpc) is 3.16. The quantitative estimate of drug-likeness (QED) is 0.682. The van der Waals surface area contributed by atoms with Gasteiger partial charge in [-0.3, -0.25) is 9.69 Å². The van der Waals surface area contributed by atoms with E-state index in [-0.39, 0.29) is 12.0 Å². The number of ether oxygens (including phenoxy) is 3. The summed E-state index contributed by atoms with van der Waals surface area (Å²) in [4.78, 5) is 19.4. The number of hydrogen-bond acceptors (Lipinski definition) is 6. The number of methoxy groups -OCH3 is 1. The van der Waals surface area contributed by atoms with E-state index in [1.807, 2.05) is 13.1 Å². The van der Waals surface area contributed by atoms with Crippen LogP contribution in [0.25, 0.3) is 0 Å². The van der Waals surface area contributed by atoms with Crippen molar-refractivity contribution < 1.29 is 19.0 Å². The number of aromatic nitrogens is 1. The molecule has 0 aromatic carbocycles. The standard InChI is InChI=1S/C24H37N3O4/c1-17-11-19(13-26-24(17)29-2)14-27-8-4-21-20(15-27)16-31-22(21)12-23(28)25-7-3-18-5-9-30-10-6-18/h11,13,18,20-22H,3-10,12,14-16H2,1-2H3,(H,25,28)/t20-,21-,22+/m1/s1. The first-order chi connectivity index (χ1) is 15.1. The van der Waals surface area contributed by atoms with Crippen molar-refractivity contribution in [2.24, 2.45) is 17.8 Å². The molecule has 0 spiro atoms. The van der Waals surface area contributed by atoms with Crippen molar-refractivity contribution in [2.75, 3.05) is 46.6 Å². The van der Waals surface area contributed by atoms with Crippen molar-refractivity contribution in [3.05, 3.63) is 23.4 Å². The number of aryl methyl sites for hydroxylation is 1. The van der Waals surface area contributed by atoms with Gasteiger partial charge in [-0.05, 0) is 62.6 Å². The summed E-state index contributed by atoms with van der Waals surface area (Å²) < 4.78 is 16.8. The molecule has 0 aliphatic carbocycles. The molecule has 3 atom stereocenters. The Kier molecular flexibility index (Phi) is 7.80. The molecule has 7 heteroatoms. The van der Waals surface area contributed by atoms with E-state index in [1.165, 1.54) is 5.56 Å². The summed E-state index contributed by atoms with van der Waals surface area (Å²) in [6.45, 7) is 8.26. The highest BCUT2D eigenvalue weighted by molar-refractivity contribution is 5.76. The molecule has 172 valence electrons. The molecule has 0 bridgehead atoms. The maximum Gasteiger partial charge on any atom is 0.222 e. The van der Waals surface area contributed by atoms with E-state index in [0.717, 1.165) is 77.2 Å². The smallest absolute Gasteiger partial charge is 0.222 e. The molecule has 3 saturated heterocycles. The highest BCUT2D eigenvalue weighted by Gasteiger charge is 2.41. The van der Waals surface area contributed by atoms with Crippen molar-refractivity contribution in [3.63, 3.8) is 0 Å². The highest BCUT2D eigenvalue weighted by atomic mass is 16.5. The third kappa shape index (κ3) is 5.96. The van der Waals surface area contributed by atoms with Crippen LogP contribution in [0.5, 0.6) is 5.88 Å². The van der Waals surface area contributed by atoms with Crippen LogP contribution >= 0.6 is 0 Å². The molecule has 1 N–H and O–H groups in total. The molecule has 1 aromatic heterocycles. The summed E-state index contributed by atoms with van der Waals surface area (Å²) in [5, 5.41) is 3.12.